The molecule has 0 amide bonds. The summed E-state index contributed by atoms with van der Waals surface area (Å²) in [6, 6.07) is 9.23. The third-order valence-electron chi connectivity index (χ3n) is 2.37. The van der Waals surface area contributed by atoms with E-state index in [1.807, 2.05) is 24.3 Å². The maximum absolute atomic E-state index is 5.58. The molecule has 6 heteroatoms. The molecule has 0 spiro atoms. The van der Waals surface area contributed by atoms with E-state index in [1.54, 1.807) is 13.2 Å². The molecule has 19 heavy (non-hydrogen) atoms. The van der Waals surface area contributed by atoms with Crippen molar-refractivity contribution >= 4 is 17.3 Å². The number of hydrogen-bond donors (Lipinski definition) is 2. The molecule has 0 saturated heterocycles. The summed E-state index contributed by atoms with van der Waals surface area (Å²) < 4.78 is 10.4. The number of nitrogen functional groups attached to an aromatic ring is 1. The quantitative estimate of drug-likeness (QED) is 0.771. The summed E-state index contributed by atoms with van der Waals surface area (Å²) in [5, 5.41) is 3.13. The standard InChI is InChI=1S/C13H16N4O2/c1-18-6-7-19-11-4-2-10(3-5-11)17-13-8-12(14)15-9-16-13/h2-5,8-9H,6-7H2,1H3,(H3,14,15,16,17). The molecule has 1 aromatic heterocycles. The monoisotopic (exact) mass is 260 g/mol. The van der Waals surface area contributed by atoms with Gasteiger partial charge in [-0.25, -0.2) is 9.97 Å². The first-order valence-corrected chi connectivity index (χ1v) is 5.84. The maximum atomic E-state index is 5.58. The van der Waals surface area contributed by atoms with Crippen molar-refractivity contribution in [2.24, 2.45) is 0 Å². The van der Waals surface area contributed by atoms with Crippen LogP contribution in [-0.2, 0) is 4.74 Å². The van der Waals surface area contributed by atoms with Crippen LogP contribution in [0.2, 0.25) is 0 Å². The number of benzene rings is 1. The molecule has 0 aliphatic carbocycles. The van der Waals surface area contributed by atoms with E-state index >= 15 is 0 Å². The second-order valence-electron chi connectivity index (χ2n) is 3.82. The number of nitrogens with one attached hydrogen (secondary N) is 1. The summed E-state index contributed by atoms with van der Waals surface area (Å²) in [4.78, 5) is 7.90. The number of nitrogens with two attached hydrogens (primary N) is 1. The molecule has 0 bridgehead atoms. The second kappa shape index (κ2) is 6.55. The van der Waals surface area contributed by atoms with Crippen LogP contribution in [0.3, 0.4) is 0 Å². The zero-order valence-corrected chi connectivity index (χ0v) is 10.7. The van der Waals surface area contributed by atoms with Gasteiger partial charge >= 0.3 is 0 Å². The van der Waals surface area contributed by atoms with Gasteiger partial charge < -0.3 is 20.5 Å². The smallest absolute Gasteiger partial charge is 0.135 e. The lowest BCUT2D eigenvalue weighted by atomic mass is 10.3. The van der Waals surface area contributed by atoms with Gasteiger partial charge in [0, 0.05) is 18.9 Å². The van der Waals surface area contributed by atoms with Crippen molar-refractivity contribution < 1.29 is 9.47 Å². The molecule has 0 radical (unpaired) electrons. The van der Waals surface area contributed by atoms with Crippen LogP contribution in [-0.4, -0.2) is 30.3 Å². The van der Waals surface area contributed by atoms with Crippen molar-refractivity contribution in [3.8, 4) is 5.75 Å². The molecule has 100 valence electrons. The topological polar surface area (TPSA) is 82.3 Å². The molecule has 0 aliphatic rings. The lowest BCUT2D eigenvalue weighted by Gasteiger charge is -2.08. The van der Waals surface area contributed by atoms with Gasteiger partial charge in [-0.15, -0.1) is 0 Å². The Hall–Kier alpha value is -2.34. The predicted molar refractivity (Wildman–Crippen MR) is 73.5 cm³/mol. The van der Waals surface area contributed by atoms with Crippen molar-refractivity contribution in [3.05, 3.63) is 36.7 Å². The summed E-state index contributed by atoms with van der Waals surface area (Å²) >= 11 is 0. The van der Waals surface area contributed by atoms with Crippen LogP contribution < -0.4 is 15.8 Å². The second-order valence-corrected chi connectivity index (χ2v) is 3.82. The van der Waals surface area contributed by atoms with E-state index < -0.39 is 0 Å². The van der Waals surface area contributed by atoms with Gasteiger partial charge in [0.2, 0.25) is 0 Å². The van der Waals surface area contributed by atoms with Gasteiger partial charge in [0.25, 0.3) is 0 Å². The van der Waals surface area contributed by atoms with Gasteiger partial charge in [-0.2, -0.15) is 0 Å². The third-order valence-corrected chi connectivity index (χ3v) is 2.37. The number of hydrogen-bond acceptors (Lipinski definition) is 6. The minimum Gasteiger partial charge on any atom is -0.491 e. The fraction of sp³-hybridized carbons (Fsp3) is 0.231. The average molecular weight is 260 g/mol. The molecule has 0 atom stereocenters. The number of nitrogens with zero attached hydrogens (tertiary/aromatic N) is 2. The van der Waals surface area contributed by atoms with E-state index in [9.17, 15) is 0 Å². The summed E-state index contributed by atoms with van der Waals surface area (Å²) in [5.41, 5.74) is 6.48. The molecule has 2 rings (SSSR count). The Kier molecular flexibility index (Phi) is 4.52. The fourth-order valence-corrected chi connectivity index (χ4v) is 1.47. The molecule has 6 nitrogen and oxygen atoms in total. The summed E-state index contributed by atoms with van der Waals surface area (Å²) in [6.07, 6.45) is 1.42. The SMILES string of the molecule is COCCOc1ccc(Nc2cc(N)ncn2)cc1. The van der Waals surface area contributed by atoms with Gasteiger partial charge in [0.1, 0.15) is 30.3 Å². The van der Waals surface area contributed by atoms with E-state index in [1.165, 1.54) is 6.33 Å². The van der Waals surface area contributed by atoms with Crippen LogP contribution in [0.15, 0.2) is 36.7 Å². The van der Waals surface area contributed by atoms with Gasteiger partial charge in [-0.1, -0.05) is 0 Å². The van der Waals surface area contributed by atoms with E-state index in [0.717, 1.165) is 11.4 Å². The third kappa shape index (κ3) is 4.11. The summed E-state index contributed by atoms with van der Waals surface area (Å²) in [5.74, 6) is 1.88. The Morgan fingerprint density at radius 1 is 1.16 bits per heavy atom. The number of methoxy groups -OCH3 is 1. The molecule has 2 aromatic rings. The molecular weight excluding hydrogens is 244 g/mol. The van der Waals surface area contributed by atoms with Gasteiger partial charge in [-0.05, 0) is 24.3 Å². The van der Waals surface area contributed by atoms with E-state index in [4.69, 9.17) is 15.2 Å². The number of anilines is 3. The van der Waals surface area contributed by atoms with Crippen molar-refractivity contribution in [1.29, 1.82) is 0 Å². The zero-order valence-electron chi connectivity index (χ0n) is 10.7. The van der Waals surface area contributed by atoms with E-state index in [2.05, 4.69) is 15.3 Å². The van der Waals surface area contributed by atoms with Gasteiger partial charge in [0.15, 0.2) is 0 Å². The highest BCUT2D eigenvalue weighted by molar-refractivity contribution is 5.58. The molecule has 0 aliphatic heterocycles. The van der Waals surface area contributed by atoms with Crippen LogP contribution in [0.5, 0.6) is 5.75 Å². The predicted octanol–water partition coefficient (Wildman–Crippen LogP) is 1.83. The number of ether oxygens (including phenoxy) is 2. The largest absolute Gasteiger partial charge is 0.491 e. The van der Waals surface area contributed by atoms with Crippen molar-refractivity contribution in [3.63, 3.8) is 0 Å². The zero-order chi connectivity index (χ0) is 13.5. The summed E-state index contributed by atoms with van der Waals surface area (Å²) in [7, 11) is 1.64. The van der Waals surface area contributed by atoms with Gasteiger partial charge in [-0.3, -0.25) is 0 Å². The average Bonchev–Trinajstić information content (AvgIpc) is 2.41. The number of rotatable bonds is 6. The van der Waals surface area contributed by atoms with Crippen molar-refractivity contribution in [2.45, 2.75) is 0 Å². The van der Waals surface area contributed by atoms with Crippen molar-refractivity contribution in [2.75, 3.05) is 31.4 Å². The first kappa shape index (κ1) is 13.1. The molecule has 1 aromatic carbocycles. The Bertz CT molecular complexity index is 516. The Morgan fingerprint density at radius 2 is 1.95 bits per heavy atom. The fourth-order valence-electron chi connectivity index (χ4n) is 1.47. The molecular formula is C13H16N4O2. The van der Waals surface area contributed by atoms with Crippen LogP contribution in [0.25, 0.3) is 0 Å². The Morgan fingerprint density at radius 3 is 2.63 bits per heavy atom. The minimum atomic E-state index is 0.428. The minimum absolute atomic E-state index is 0.428. The van der Waals surface area contributed by atoms with Crippen LogP contribution in [0, 0.1) is 0 Å². The molecule has 0 saturated carbocycles. The first-order chi connectivity index (χ1) is 9.28. The highest BCUT2D eigenvalue weighted by atomic mass is 16.5. The lowest BCUT2D eigenvalue weighted by Crippen LogP contribution is -2.04. The van der Waals surface area contributed by atoms with Gasteiger partial charge in [0.05, 0.1) is 6.61 Å². The molecule has 0 fully saturated rings. The van der Waals surface area contributed by atoms with Crippen LogP contribution >= 0.6 is 0 Å². The highest BCUT2D eigenvalue weighted by Gasteiger charge is 1.98. The van der Waals surface area contributed by atoms with E-state index in [-0.39, 0.29) is 0 Å². The molecule has 3 N–H and O–H groups in total. The molecule has 0 unspecified atom stereocenters. The summed E-state index contributed by atoms with van der Waals surface area (Å²) in [6.45, 7) is 1.10. The highest BCUT2D eigenvalue weighted by Crippen LogP contribution is 2.19. The Balaban J connectivity index is 1.95. The number of aromatic nitrogens is 2. The van der Waals surface area contributed by atoms with E-state index in [0.29, 0.717) is 24.8 Å². The normalized spacial score (nSPS) is 10.2. The van der Waals surface area contributed by atoms with Crippen molar-refractivity contribution in [1.82, 2.24) is 9.97 Å². The van der Waals surface area contributed by atoms with Crippen LogP contribution in [0.4, 0.5) is 17.3 Å². The Labute approximate surface area is 111 Å². The van der Waals surface area contributed by atoms with Crippen LogP contribution in [0.1, 0.15) is 0 Å². The lowest BCUT2D eigenvalue weighted by molar-refractivity contribution is 0.146. The maximum Gasteiger partial charge on any atom is 0.135 e. The molecule has 1 heterocycles. The first-order valence-electron chi connectivity index (χ1n) is 5.84.